The molecule has 0 atom stereocenters. The highest BCUT2D eigenvalue weighted by Crippen LogP contribution is 2.35. The summed E-state index contributed by atoms with van der Waals surface area (Å²) >= 11 is 0. The van der Waals surface area contributed by atoms with E-state index >= 15 is 0 Å². The van der Waals surface area contributed by atoms with Crippen LogP contribution in [-0.4, -0.2) is 11.8 Å². The summed E-state index contributed by atoms with van der Waals surface area (Å²) in [7, 11) is 0. The number of carbonyl (C=O) groups is 2. The SMILES string of the molecule is CCc1ccc(NC2=C(c3ccc(C)c(C)c3)C(=O)N(c3ccc(C)c(C)c3)C2=O)cc1. The van der Waals surface area contributed by atoms with Crippen LogP contribution in [-0.2, 0) is 16.0 Å². The van der Waals surface area contributed by atoms with Crippen molar-refractivity contribution in [2.75, 3.05) is 10.2 Å². The first-order valence-electron chi connectivity index (χ1n) is 10.9. The van der Waals surface area contributed by atoms with Crippen LogP contribution < -0.4 is 10.2 Å². The van der Waals surface area contributed by atoms with Gasteiger partial charge in [0.25, 0.3) is 11.8 Å². The van der Waals surface area contributed by atoms with Crippen molar-refractivity contribution in [2.45, 2.75) is 41.0 Å². The third-order valence-electron chi connectivity index (χ3n) is 6.26. The Morgan fingerprint density at radius 1 is 0.719 bits per heavy atom. The Kier molecular flexibility index (Phi) is 5.70. The monoisotopic (exact) mass is 424 g/mol. The standard InChI is InChI=1S/C28H28N2O2/c1-6-21-9-12-23(13-10-21)29-26-25(22-11-7-17(2)19(4)15-22)27(31)30(28(26)32)24-14-8-18(3)20(5)16-24/h7-16,29H,6H2,1-5H3. The Balaban J connectivity index is 1.82. The lowest BCUT2D eigenvalue weighted by Crippen LogP contribution is -2.32. The molecule has 4 rings (SSSR count). The van der Waals surface area contributed by atoms with Gasteiger partial charge in [-0.3, -0.25) is 9.59 Å². The number of hydrogen-bond acceptors (Lipinski definition) is 3. The molecule has 3 aromatic rings. The summed E-state index contributed by atoms with van der Waals surface area (Å²) in [6.45, 7) is 10.1. The van der Waals surface area contributed by atoms with E-state index in [4.69, 9.17) is 0 Å². The zero-order valence-corrected chi connectivity index (χ0v) is 19.2. The lowest BCUT2D eigenvalue weighted by atomic mass is 9.99. The topological polar surface area (TPSA) is 49.4 Å². The molecule has 0 unspecified atom stereocenters. The molecule has 32 heavy (non-hydrogen) atoms. The molecule has 4 nitrogen and oxygen atoms in total. The highest BCUT2D eigenvalue weighted by Gasteiger charge is 2.40. The van der Waals surface area contributed by atoms with Gasteiger partial charge in [0.1, 0.15) is 5.70 Å². The zero-order valence-electron chi connectivity index (χ0n) is 19.2. The smallest absolute Gasteiger partial charge is 0.282 e. The molecule has 0 saturated carbocycles. The molecule has 1 N–H and O–H groups in total. The van der Waals surface area contributed by atoms with E-state index in [0.29, 0.717) is 17.0 Å². The van der Waals surface area contributed by atoms with Crippen molar-refractivity contribution < 1.29 is 9.59 Å². The van der Waals surface area contributed by atoms with E-state index in [-0.39, 0.29) is 11.8 Å². The first-order valence-corrected chi connectivity index (χ1v) is 10.9. The molecule has 3 aromatic carbocycles. The van der Waals surface area contributed by atoms with Gasteiger partial charge in [-0.25, -0.2) is 4.90 Å². The highest BCUT2D eigenvalue weighted by molar-refractivity contribution is 6.46. The number of rotatable bonds is 5. The third kappa shape index (κ3) is 3.84. The van der Waals surface area contributed by atoms with Gasteiger partial charge >= 0.3 is 0 Å². The van der Waals surface area contributed by atoms with Crippen LogP contribution in [0.4, 0.5) is 11.4 Å². The Hall–Kier alpha value is -3.66. The van der Waals surface area contributed by atoms with E-state index in [1.807, 2.05) is 88.4 Å². The van der Waals surface area contributed by atoms with Crippen molar-refractivity contribution in [1.29, 1.82) is 0 Å². The fourth-order valence-electron chi connectivity index (χ4n) is 3.88. The van der Waals surface area contributed by atoms with E-state index in [0.717, 1.165) is 39.9 Å². The lowest BCUT2D eigenvalue weighted by Gasteiger charge is -2.17. The Morgan fingerprint density at radius 2 is 1.34 bits per heavy atom. The first kappa shape index (κ1) is 21.6. The summed E-state index contributed by atoms with van der Waals surface area (Å²) < 4.78 is 0. The number of carbonyl (C=O) groups excluding carboxylic acids is 2. The number of benzene rings is 3. The quantitative estimate of drug-likeness (QED) is 0.521. The van der Waals surface area contributed by atoms with Gasteiger partial charge in [0.15, 0.2) is 0 Å². The largest absolute Gasteiger partial charge is 0.350 e. The van der Waals surface area contributed by atoms with Crippen molar-refractivity contribution in [3.63, 3.8) is 0 Å². The van der Waals surface area contributed by atoms with E-state index < -0.39 is 0 Å². The number of anilines is 2. The van der Waals surface area contributed by atoms with Crippen LogP contribution in [0.1, 0.15) is 40.3 Å². The molecule has 0 fully saturated rings. The summed E-state index contributed by atoms with van der Waals surface area (Å²) in [6, 6.07) is 19.5. The molecular formula is C28H28N2O2. The summed E-state index contributed by atoms with van der Waals surface area (Å²) in [5.41, 5.74) is 8.39. The second kappa shape index (κ2) is 8.46. The molecule has 162 valence electrons. The third-order valence-corrected chi connectivity index (χ3v) is 6.26. The van der Waals surface area contributed by atoms with E-state index in [2.05, 4.69) is 12.2 Å². The number of hydrogen-bond donors (Lipinski definition) is 1. The summed E-state index contributed by atoms with van der Waals surface area (Å²) in [5, 5.41) is 3.25. The van der Waals surface area contributed by atoms with Crippen LogP contribution in [0.5, 0.6) is 0 Å². The van der Waals surface area contributed by atoms with Crippen LogP contribution in [0, 0.1) is 27.7 Å². The van der Waals surface area contributed by atoms with Crippen LogP contribution in [0.25, 0.3) is 5.57 Å². The van der Waals surface area contributed by atoms with Gasteiger partial charge in [0, 0.05) is 5.69 Å². The Morgan fingerprint density at radius 3 is 1.94 bits per heavy atom. The molecule has 1 aliphatic rings. The van der Waals surface area contributed by atoms with Crippen LogP contribution in [0.2, 0.25) is 0 Å². The minimum Gasteiger partial charge on any atom is -0.350 e. The lowest BCUT2D eigenvalue weighted by molar-refractivity contribution is -0.120. The second-order valence-corrected chi connectivity index (χ2v) is 8.44. The summed E-state index contributed by atoms with van der Waals surface area (Å²) in [6.07, 6.45) is 0.939. The number of nitrogens with zero attached hydrogens (tertiary/aromatic N) is 1. The minimum absolute atomic E-state index is 0.306. The van der Waals surface area contributed by atoms with Gasteiger partial charge in [-0.2, -0.15) is 0 Å². The van der Waals surface area contributed by atoms with Gasteiger partial charge in [0.2, 0.25) is 0 Å². The average Bonchev–Trinajstić information content (AvgIpc) is 3.02. The summed E-state index contributed by atoms with van der Waals surface area (Å²) in [4.78, 5) is 28.5. The van der Waals surface area contributed by atoms with Gasteiger partial charge in [-0.05, 0) is 91.8 Å². The molecule has 0 aliphatic carbocycles. The molecule has 0 saturated heterocycles. The number of aryl methyl sites for hydroxylation is 5. The maximum atomic E-state index is 13.6. The van der Waals surface area contributed by atoms with E-state index in [1.165, 1.54) is 10.5 Å². The predicted molar refractivity (Wildman–Crippen MR) is 131 cm³/mol. The fraction of sp³-hybridized carbons (Fsp3) is 0.214. The number of amides is 2. The highest BCUT2D eigenvalue weighted by atomic mass is 16.2. The fourth-order valence-corrected chi connectivity index (χ4v) is 3.88. The molecule has 4 heteroatoms. The van der Waals surface area contributed by atoms with Crippen LogP contribution in [0.3, 0.4) is 0 Å². The molecule has 0 bridgehead atoms. The average molecular weight is 425 g/mol. The maximum absolute atomic E-state index is 13.6. The zero-order chi connectivity index (χ0) is 23.0. The van der Waals surface area contributed by atoms with Gasteiger partial charge in [0.05, 0.1) is 11.3 Å². The predicted octanol–water partition coefficient (Wildman–Crippen LogP) is 5.88. The second-order valence-electron chi connectivity index (χ2n) is 8.44. The molecule has 0 radical (unpaired) electrons. The van der Waals surface area contributed by atoms with Gasteiger partial charge in [-0.1, -0.05) is 43.3 Å². The molecule has 1 heterocycles. The van der Waals surface area contributed by atoms with E-state index in [1.54, 1.807) is 0 Å². The van der Waals surface area contributed by atoms with Crippen molar-refractivity contribution >= 4 is 28.8 Å². The Labute approximate surface area is 189 Å². The first-order chi connectivity index (χ1) is 15.3. The molecular weight excluding hydrogens is 396 g/mol. The van der Waals surface area contributed by atoms with Crippen LogP contribution >= 0.6 is 0 Å². The van der Waals surface area contributed by atoms with Crippen molar-refractivity contribution in [1.82, 2.24) is 0 Å². The normalized spacial score (nSPS) is 13.8. The maximum Gasteiger partial charge on any atom is 0.282 e. The van der Waals surface area contributed by atoms with Crippen molar-refractivity contribution in [3.05, 3.63) is 99.7 Å². The van der Waals surface area contributed by atoms with Gasteiger partial charge in [-0.15, -0.1) is 0 Å². The van der Waals surface area contributed by atoms with Crippen molar-refractivity contribution in [3.8, 4) is 0 Å². The number of nitrogens with one attached hydrogen (secondary N) is 1. The summed E-state index contributed by atoms with van der Waals surface area (Å²) in [5.74, 6) is -0.653. The van der Waals surface area contributed by atoms with Gasteiger partial charge < -0.3 is 5.32 Å². The molecule has 2 amide bonds. The van der Waals surface area contributed by atoms with E-state index in [9.17, 15) is 9.59 Å². The molecule has 0 spiro atoms. The Bertz CT molecular complexity index is 1250. The van der Waals surface area contributed by atoms with Crippen LogP contribution in [0.15, 0.2) is 66.4 Å². The van der Waals surface area contributed by atoms with Crippen molar-refractivity contribution in [2.24, 2.45) is 0 Å². The molecule has 0 aromatic heterocycles. The number of imide groups is 1. The molecule has 1 aliphatic heterocycles. The minimum atomic E-state index is -0.342.